The van der Waals surface area contributed by atoms with E-state index in [0.29, 0.717) is 35.8 Å². The van der Waals surface area contributed by atoms with Crippen molar-refractivity contribution in [3.8, 4) is 23.0 Å². The summed E-state index contributed by atoms with van der Waals surface area (Å²) < 4.78 is 16.2. The number of aliphatic hydroxyl groups is 1. The molecule has 0 bridgehead atoms. The number of Topliss-reactive ketones (excluding diaryl/α,β-unsaturated/α-hetero) is 1. The maximum atomic E-state index is 13.3. The summed E-state index contributed by atoms with van der Waals surface area (Å²) >= 11 is 0. The SMILES string of the molecule is CCOc1ccc(/C(O)=C2/C(=O)C(=O)N(Cc3ccc(OC)cc3)C2c2ccc(O)c(OCC)c2)cc1. The van der Waals surface area contributed by atoms with Crippen LogP contribution in [0.25, 0.3) is 5.76 Å². The fourth-order valence-corrected chi connectivity index (χ4v) is 4.32. The number of phenolic OH excluding ortho intramolecular Hbond substituents is 1. The fraction of sp³-hybridized carbons (Fsp3) is 0.241. The van der Waals surface area contributed by atoms with E-state index < -0.39 is 17.7 Å². The number of rotatable bonds is 9. The molecule has 1 heterocycles. The van der Waals surface area contributed by atoms with Crippen LogP contribution in [0.2, 0.25) is 0 Å². The standard InChI is InChI=1S/C29H29NO7/c1-4-36-22-13-8-19(9-14-22)27(32)25-26(20-10-15-23(31)24(16-20)37-5-2)30(29(34)28(25)33)17-18-6-11-21(35-3)12-7-18/h6-16,26,31-32H,4-5,17H2,1-3H3/b27-25-. The molecule has 4 rings (SSSR count). The number of aliphatic hydroxyl groups excluding tert-OH is 1. The molecule has 0 radical (unpaired) electrons. The molecule has 0 aromatic heterocycles. The second-order valence-electron chi connectivity index (χ2n) is 8.39. The van der Waals surface area contributed by atoms with Crippen molar-refractivity contribution in [2.24, 2.45) is 0 Å². The van der Waals surface area contributed by atoms with E-state index in [1.54, 1.807) is 62.6 Å². The number of hydrogen-bond donors (Lipinski definition) is 2. The van der Waals surface area contributed by atoms with E-state index in [1.165, 1.54) is 11.0 Å². The number of aromatic hydroxyl groups is 1. The van der Waals surface area contributed by atoms with E-state index in [-0.39, 0.29) is 29.4 Å². The number of phenols is 1. The summed E-state index contributed by atoms with van der Waals surface area (Å²) in [5, 5.41) is 21.5. The molecule has 3 aromatic rings. The van der Waals surface area contributed by atoms with Gasteiger partial charge in [-0.25, -0.2) is 0 Å². The summed E-state index contributed by atoms with van der Waals surface area (Å²) in [4.78, 5) is 28.0. The first-order valence-electron chi connectivity index (χ1n) is 12.0. The third-order valence-electron chi connectivity index (χ3n) is 6.09. The third kappa shape index (κ3) is 5.23. The minimum Gasteiger partial charge on any atom is -0.507 e. The van der Waals surface area contributed by atoms with Gasteiger partial charge in [0.25, 0.3) is 11.7 Å². The van der Waals surface area contributed by atoms with Crippen LogP contribution >= 0.6 is 0 Å². The number of benzene rings is 3. The number of likely N-dealkylation sites (tertiary alicyclic amines) is 1. The van der Waals surface area contributed by atoms with Crippen molar-refractivity contribution in [3.05, 3.63) is 89.0 Å². The number of nitrogens with zero attached hydrogens (tertiary/aromatic N) is 1. The monoisotopic (exact) mass is 503 g/mol. The Morgan fingerprint density at radius 1 is 0.892 bits per heavy atom. The fourth-order valence-electron chi connectivity index (χ4n) is 4.32. The highest BCUT2D eigenvalue weighted by atomic mass is 16.5. The maximum absolute atomic E-state index is 13.3. The Hall–Kier alpha value is -4.46. The lowest BCUT2D eigenvalue weighted by Gasteiger charge is -2.26. The number of hydrogen-bond acceptors (Lipinski definition) is 7. The van der Waals surface area contributed by atoms with Crippen molar-refractivity contribution < 1.29 is 34.0 Å². The molecule has 1 saturated heterocycles. The van der Waals surface area contributed by atoms with Crippen molar-refractivity contribution in [1.82, 2.24) is 4.90 Å². The number of methoxy groups -OCH3 is 1. The Morgan fingerprint density at radius 2 is 1.54 bits per heavy atom. The number of ether oxygens (including phenoxy) is 3. The molecular weight excluding hydrogens is 474 g/mol. The summed E-state index contributed by atoms with van der Waals surface area (Å²) in [6, 6.07) is 17.6. The Morgan fingerprint density at radius 3 is 2.16 bits per heavy atom. The van der Waals surface area contributed by atoms with Crippen molar-refractivity contribution in [3.63, 3.8) is 0 Å². The van der Waals surface area contributed by atoms with E-state index in [2.05, 4.69) is 0 Å². The molecule has 1 aliphatic rings. The molecule has 1 amide bonds. The molecule has 0 saturated carbocycles. The van der Waals surface area contributed by atoms with Gasteiger partial charge in [0.05, 0.1) is 31.9 Å². The molecule has 1 aliphatic heterocycles. The van der Waals surface area contributed by atoms with Crippen LogP contribution in [0.5, 0.6) is 23.0 Å². The first-order chi connectivity index (χ1) is 17.9. The van der Waals surface area contributed by atoms with Crippen LogP contribution in [0.15, 0.2) is 72.3 Å². The zero-order chi connectivity index (χ0) is 26.5. The van der Waals surface area contributed by atoms with Gasteiger partial charge in [-0.3, -0.25) is 9.59 Å². The van der Waals surface area contributed by atoms with Gasteiger partial charge in [-0.05, 0) is 73.5 Å². The highest BCUT2D eigenvalue weighted by molar-refractivity contribution is 6.46. The maximum Gasteiger partial charge on any atom is 0.295 e. The van der Waals surface area contributed by atoms with Crippen LogP contribution in [0, 0.1) is 0 Å². The minimum atomic E-state index is -0.909. The van der Waals surface area contributed by atoms with E-state index >= 15 is 0 Å². The average molecular weight is 504 g/mol. The van der Waals surface area contributed by atoms with Crippen LogP contribution in [0.1, 0.15) is 36.6 Å². The van der Waals surface area contributed by atoms with E-state index in [9.17, 15) is 19.8 Å². The lowest BCUT2D eigenvalue weighted by molar-refractivity contribution is -0.140. The zero-order valence-electron chi connectivity index (χ0n) is 20.9. The second-order valence-corrected chi connectivity index (χ2v) is 8.39. The summed E-state index contributed by atoms with van der Waals surface area (Å²) in [5.74, 6) is -0.390. The lowest BCUT2D eigenvalue weighted by atomic mass is 9.94. The molecule has 0 aliphatic carbocycles. The summed E-state index contributed by atoms with van der Waals surface area (Å²) in [6.45, 7) is 4.57. The van der Waals surface area contributed by atoms with Crippen LogP contribution < -0.4 is 14.2 Å². The highest BCUT2D eigenvalue weighted by Crippen LogP contribution is 2.42. The second kappa shape index (κ2) is 11.1. The predicted molar refractivity (Wildman–Crippen MR) is 138 cm³/mol. The number of carbonyl (C=O) groups is 2. The van der Waals surface area contributed by atoms with E-state index in [0.717, 1.165) is 5.56 Å². The Balaban J connectivity index is 1.83. The van der Waals surface area contributed by atoms with Gasteiger partial charge in [-0.2, -0.15) is 0 Å². The van der Waals surface area contributed by atoms with Crippen LogP contribution in [-0.2, 0) is 16.1 Å². The molecule has 1 fully saturated rings. The zero-order valence-corrected chi connectivity index (χ0v) is 20.9. The Kier molecular flexibility index (Phi) is 7.67. The van der Waals surface area contributed by atoms with Crippen molar-refractivity contribution >= 4 is 17.4 Å². The first-order valence-corrected chi connectivity index (χ1v) is 12.0. The van der Waals surface area contributed by atoms with Gasteiger partial charge in [0.1, 0.15) is 17.3 Å². The summed E-state index contributed by atoms with van der Waals surface area (Å²) in [5.41, 5.74) is 1.62. The van der Waals surface area contributed by atoms with Gasteiger partial charge in [-0.15, -0.1) is 0 Å². The van der Waals surface area contributed by atoms with Gasteiger partial charge < -0.3 is 29.3 Å². The molecule has 0 spiro atoms. The van der Waals surface area contributed by atoms with Crippen LogP contribution in [-0.4, -0.2) is 47.1 Å². The molecule has 3 aromatic carbocycles. The van der Waals surface area contributed by atoms with Gasteiger partial charge in [0.15, 0.2) is 11.5 Å². The molecule has 2 N–H and O–H groups in total. The molecule has 1 atom stereocenters. The smallest absolute Gasteiger partial charge is 0.295 e. The number of amides is 1. The molecule has 1 unspecified atom stereocenters. The van der Waals surface area contributed by atoms with Gasteiger partial charge >= 0.3 is 0 Å². The van der Waals surface area contributed by atoms with Crippen molar-refractivity contribution in [1.29, 1.82) is 0 Å². The Bertz CT molecular complexity index is 1310. The summed E-state index contributed by atoms with van der Waals surface area (Å²) in [6.07, 6.45) is 0. The molecule has 8 nitrogen and oxygen atoms in total. The minimum absolute atomic E-state index is 0.0455. The van der Waals surface area contributed by atoms with Crippen LogP contribution in [0.3, 0.4) is 0 Å². The van der Waals surface area contributed by atoms with Gasteiger partial charge in [-0.1, -0.05) is 18.2 Å². The molecule has 37 heavy (non-hydrogen) atoms. The Labute approximate surface area is 215 Å². The van der Waals surface area contributed by atoms with E-state index in [1.807, 2.05) is 19.1 Å². The van der Waals surface area contributed by atoms with Gasteiger partial charge in [0, 0.05) is 12.1 Å². The number of ketones is 1. The van der Waals surface area contributed by atoms with Crippen LogP contribution in [0.4, 0.5) is 0 Å². The van der Waals surface area contributed by atoms with E-state index in [4.69, 9.17) is 14.2 Å². The van der Waals surface area contributed by atoms with Crippen molar-refractivity contribution in [2.45, 2.75) is 26.4 Å². The average Bonchev–Trinajstić information content (AvgIpc) is 3.15. The lowest BCUT2D eigenvalue weighted by Crippen LogP contribution is -2.29. The quantitative estimate of drug-likeness (QED) is 0.245. The predicted octanol–water partition coefficient (Wildman–Crippen LogP) is 4.82. The molecule has 8 heteroatoms. The molecular formula is C29H29NO7. The molecule has 192 valence electrons. The van der Waals surface area contributed by atoms with Gasteiger partial charge in [0.2, 0.25) is 0 Å². The number of carbonyl (C=O) groups excluding carboxylic acids is 2. The summed E-state index contributed by atoms with van der Waals surface area (Å²) in [7, 11) is 1.56. The third-order valence-corrected chi connectivity index (χ3v) is 6.09. The largest absolute Gasteiger partial charge is 0.507 e. The normalized spacial score (nSPS) is 16.6. The highest BCUT2D eigenvalue weighted by Gasteiger charge is 2.46. The first kappa shape index (κ1) is 25.6. The topological polar surface area (TPSA) is 106 Å². The van der Waals surface area contributed by atoms with Crippen molar-refractivity contribution in [2.75, 3.05) is 20.3 Å².